The summed E-state index contributed by atoms with van der Waals surface area (Å²) in [7, 11) is -2.13. The maximum atomic E-state index is 13.3. The first-order valence-electron chi connectivity index (χ1n) is 9.65. The Morgan fingerprint density at radius 3 is 2.38 bits per heavy atom. The minimum Gasteiger partial charge on any atom is -0.497 e. The van der Waals surface area contributed by atoms with Crippen LogP contribution in [-0.4, -0.2) is 38.0 Å². The highest BCUT2D eigenvalue weighted by Gasteiger charge is 2.29. The highest BCUT2D eigenvalue weighted by molar-refractivity contribution is 7.89. The second-order valence-electron chi connectivity index (χ2n) is 7.20. The number of anilines is 2. The van der Waals surface area contributed by atoms with Gasteiger partial charge in [-0.05, 0) is 74.3 Å². The van der Waals surface area contributed by atoms with Crippen molar-refractivity contribution in [2.45, 2.75) is 38.0 Å². The van der Waals surface area contributed by atoms with Gasteiger partial charge in [-0.3, -0.25) is 0 Å². The quantitative estimate of drug-likeness (QED) is 0.686. The molecule has 8 heteroatoms. The summed E-state index contributed by atoms with van der Waals surface area (Å²) in [5.41, 5.74) is 3.62. The number of rotatable bonds is 5. The number of sulfonamides is 1. The van der Waals surface area contributed by atoms with Gasteiger partial charge in [-0.1, -0.05) is 12.5 Å². The fourth-order valence-electron chi connectivity index (χ4n) is 3.29. The monoisotopic (exact) mass is 433 g/mol. The van der Waals surface area contributed by atoms with Crippen LogP contribution in [0.2, 0.25) is 0 Å². The zero-order valence-corrected chi connectivity index (χ0v) is 18.6. The second-order valence-corrected chi connectivity index (χ2v) is 9.52. The number of benzene rings is 2. The Hall–Kier alpha value is -2.16. The van der Waals surface area contributed by atoms with Gasteiger partial charge in [0.05, 0.1) is 12.8 Å². The van der Waals surface area contributed by atoms with E-state index in [9.17, 15) is 8.42 Å². The molecule has 1 heterocycles. The topological polar surface area (TPSA) is 70.7 Å². The average molecular weight is 434 g/mol. The lowest BCUT2D eigenvalue weighted by atomic mass is 10.1. The molecule has 2 aromatic rings. The van der Waals surface area contributed by atoms with Crippen LogP contribution in [-0.2, 0) is 10.0 Å². The van der Waals surface area contributed by atoms with Crippen LogP contribution in [0.1, 0.15) is 30.4 Å². The molecule has 0 aliphatic carbocycles. The van der Waals surface area contributed by atoms with Gasteiger partial charge in [0.1, 0.15) is 10.6 Å². The zero-order valence-electron chi connectivity index (χ0n) is 17.0. The molecule has 0 spiro atoms. The molecule has 0 radical (unpaired) electrons. The fraction of sp³-hybridized carbons (Fsp3) is 0.381. The van der Waals surface area contributed by atoms with Crippen LogP contribution >= 0.6 is 12.2 Å². The van der Waals surface area contributed by atoms with Crippen molar-refractivity contribution in [3.8, 4) is 5.75 Å². The third-order valence-electron chi connectivity index (χ3n) is 5.13. The van der Waals surface area contributed by atoms with E-state index in [4.69, 9.17) is 17.0 Å². The molecule has 1 aliphatic rings. The summed E-state index contributed by atoms with van der Waals surface area (Å²) in [5.74, 6) is 0.485. The van der Waals surface area contributed by atoms with Crippen molar-refractivity contribution < 1.29 is 13.2 Å². The first-order chi connectivity index (χ1) is 13.8. The standard InChI is InChI=1S/C21H27N3O3S2/c1-15-7-8-17(13-16(15)2)22-21(28)23-19-10-9-18(27-3)14-20(19)29(25,26)24-11-5-4-6-12-24/h7-10,13-14H,4-6,11-12H2,1-3H3,(H2,22,23,28). The van der Waals surface area contributed by atoms with E-state index in [0.29, 0.717) is 29.6 Å². The summed E-state index contributed by atoms with van der Waals surface area (Å²) in [6.07, 6.45) is 2.80. The van der Waals surface area contributed by atoms with Crippen LogP contribution in [0.25, 0.3) is 0 Å². The molecule has 0 unspecified atom stereocenters. The molecule has 3 rings (SSSR count). The Morgan fingerprint density at radius 2 is 1.72 bits per heavy atom. The Kier molecular flexibility index (Phi) is 6.77. The second kappa shape index (κ2) is 9.11. The summed E-state index contributed by atoms with van der Waals surface area (Å²) < 4.78 is 33.3. The van der Waals surface area contributed by atoms with Crippen LogP contribution in [0.15, 0.2) is 41.3 Å². The van der Waals surface area contributed by atoms with Crippen LogP contribution in [0.5, 0.6) is 5.75 Å². The lowest BCUT2D eigenvalue weighted by Gasteiger charge is -2.27. The van der Waals surface area contributed by atoms with Gasteiger partial charge in [0.15, 0.2) is 5.11 Å². The van der Waals surface area contributed by atoms with Crippen molar-refractivity contribution in [1.82, 2.24) is 4.31 Å². The number of ether oxygens (including phenoxy) is 1. The van der Waals surface area contributed by atoms with E-state index in [2.05, 4.69) is 10.6 Å². The van der Waals surface area contributed by atoms with Crippen molar-refractivity contribution in [2.24, 2.45) is 0 Å². The molecule has 29 heavy (non-hydrogen) atoms. The lowest BCUT2D eigenvalue weighted by Crippen LogP contribution is -2.36. The summed E-state index contributed by atoms with van der Waals surface area (Å²) in [6, 6.07) is 10.9. The van der Waals surface area contributed by atoms with E-state index in [1.807, 2.05) is 32.0 Å². The van der Waals surface area contributed by atoms with Crippen molar-refractivity contribution in [2.75, 3.05) is 30.8 Å². The Morgan fingerprint density at radius 1 is 1.00 bits per heavy atom. The molecule has 2 N–H and O–H groups in total. The van der Waals surface area contributed by atoms with E-state index in [1.54, 1.807) is 18.2 Å². The molecule has 1 saturated heterocycles. The molecule has 0 amide bonds. The third-order valence-corrected chi connectivity index (χ3v) is 7.28. The van der Waals surface area contributed by atoms with E-state index < -0.39 is 10.0 Å². The smallest absolute Gasteiger partial charge is 0.245 e. The van der Waals surface area contributed by atoms with Gasteiger partial charge in [0.25, 0.3) is 0 Å². The maximum absolute atomic E-state index is 13.3. The van der Waals surface area contributed by atoms with Crippen LogP contribution < -0.4 is 15.4 Å². The van der Waals surface area contributed by atoms with Gasteiger partial charge >= 0.3 is 0 Å². The van der Waals surface area contributed by atoms with E-state index >= 15 is 0 Å². The highest BCUT2D eigenvalue weighted by atomic mass is 32.2. The number of piperidine rings is 1. The molecular formula is C21H27N3O3S2. The molecule has 2 aromatic carbocycles. The summed E-state index contributed by atoms with van der Waals surface area (Å²) in [4.78, 5) is 0.169. The predicted octanol–water partition coefficient (Wildman–Crippen LogP) is 4.30. The van der Waals surface area contributed by atoms with Gasteiger partial charge in [0, 0.05) is 24.8 Å². The van der Waals surface area contributed by atoms with Crippen LogP contribution in [0.3, 0.4) is 0 Å². The van der Waals surface area contributed by atoms with Gasteiger partial charge in [-0.2, -0.15) is 4.31 Å². The average Bonchev–Trinajstić information content (AvgIpc) is 2.71. The summed E-state index contributed by atoms with van der Waals surface area (Å²) in [6.45, 7) is 5.14. The number of hydrogen-bond donors (Lipinski definition) is 2. The van der Waals surface area contributed by atoms with Crippen LogP contribution in [0, 0.1) is 13.8 Å². The molecule has 0 bridgehead atoms. The summed E-state index contributed by atoms with van der Waals surface area (Å²) >= 11 is 5.43. The van der Waals surface area contributed by atoms with Crippen molar-refractivity contribution >= 4 is 38.7 Å². The minimum absolute atomic E-state index is 0.169. The van der Waals surface area contributed by atoms with Gasteiger partial charge in [-0.25, -0.2) is 8.42 Å². The normalized spacial score (nSPS) is 15.0. The van der Waals surface area contributed by atoms with Gasteiger partial charge < -0.3 is 15.4 Å². The molecule has 0 saturated carbocycles. The number of thiocarbonyl (C=S) groups is 1. The van der Waals surface area contributed by atoms with Crippen molar-refractivity contribution in [3.05, 3.63) is 47.5 Å². The first kappa shape index (κ1) is 21.5. The molecule has 1 aliphatic heterocycles. The largest absolute Gasteiger partial charge is 0.497 e. The van der Waals surface area contributed by atoms with E-state index in [0.717, 1.165) is 30.5 Å². The number of aryl methyl sites for hydroxylation is 2. The maximum Gasteiger partial charge on any atom is 0.245 e. The molecule has 156 valence electrons. The minimum atomic E-state index is -3.65. The molecule has 0 aromatic heterocycles. The number of nitrogens with one attached hydrogen (secondary N) is 2. The fourth-order valence-corrected chi connectivity index (χ4v) is 5.20. The van der Waals surface area contributed by atoms with E-state index in [-0.39, 0.29) is 4.90 Å². The highest BCUT2D eigenvalue weighted by Crippen LogP contribution is 2.30. The molecular weight excluding hydrogens is 406 g/mol. The number of methoxy groups -OCH3 is 1. The van der Waals surface area contributed by atoms with Crippen molar-refractivity contribution in [3.63, 3.8) is 0 Å². The predicted molar refractivity (Wildman–Crippen MR) is 121 cm³/mol. The lowest BCUT2D eigenvalue weighted by molar-refractivity contribution is 0.346. The van der Waals surface area contributed by atoms with Gasteiger partial charge in [-0.15, -0.1) is 0 Å². The molecule has 1 fully saturated rings. The summed E-state index contributed by atoms with van der Waals surface area (Å²) in [5, 5.41) is 6.50. The third kappa shape index (κ3) is 5.07. The number of hydrogen-bond acceptors (Lipinski definition) is 4. The molecule has 6 nitrogen and oxygen atoms in total. The zero-order chi connectivity index (χ0) is 21.0. The number of nitrogens with zero attached hydrogens (tertiary/aromatic N) is 1. The Bertz CT molecular complexity index is 1000. The Balaban J connectivity index is 1.86. The Labute approximate surface area is 178 Å². The van der Waals surface area contributed by atoms with Gasteiger partial charge in [0.2, 0.25) is 10.0 Å². The van der Waals surface area contributed by atoms with E-state index in [1.165, 1.54) is 17.0 Å². The first-order valence-corrected chi connectivity index (χ1v) is 11.5. The molecule has 0 atom stereocenters. The van der Waals surface area contributed by atoms with Crippen molar-refractivity contribution in [1.29, 1.82) is 0 Å². The van der Waals surface area contributed by atoms with Crippen LogP contribution in [0.4, 0.5) is 11.4 Å². The SMILES string of the molecule is COc1ccc(NC(=S)Nc2ccc(C)c(C)c2)c(S(=O)(=O)N2CCCCC2)c1.